The number of ketones is 2. The van der Waals surface area contributed by atoms with Crippen LogP contribution in [0.2, 0.25) is 0 Å². The van der Waals surface area contributed by atoms with Gasteiger partial charge < -0.3 is 0 Å². The molecule has 102 valence electrons. The van der Waals surface area contributed by atoms with Gasteiger partial charge >= 0.3 is 0 Å². The Kier molecular flexibility index (Phi) is 3.81. The van der Waals surface area contributed by atoms with Crippen LogP contribution < -0.4 is 0 Å². The van der Waals surface area contributed by atoms with Crippen molar-refractivity contribution in [3.8, 4) is 0 Å². The fourth-order valence-electron chi connectivity index (χ4n) is 1.82. The van der Waals surface area contributed by atoms with E-state index < -0.39 is 21.4 Å². The van der Waals surface area contributed by atoms with Crippen LogP contribution in [0.5, 0.6) is 0 Å². The number of benzene rings is 2. The van der Waals surface area contributed by atoms with E-state index in [2.05, 4.69) is 0 Å². The largest absolute Gasteiger partial charge is 0.285 e. The van der Waals surface area contributed by atoms with E-state index in [1.54, 1.807) is 18.2 Å². The maximum Gasteiger partial charge on any atom is 0.234 e. The first-order chi connectivity index (χ1) is 9.41. The minimum absolute atomic E-state index is 0.0937. The van der Waals surface area contributed by atoms with Crippen molar-refractivity contribution in [1.82, 2.24) is 0 Å². The summed E-state index contributed by atoms with van der Waals surface area (Å²) in [5.41, 5.74) is 0.143. The van der Waals surface area contributed by atoms with Gasteiger partial charge in [-0.1, -0.05) is 42.5 Å². The third kappa shape index (κ3) is 2.83. The van der Waals surface area contributed by atoms with Crippen LogP contribution in [0, 0.1) is 0 Å². The summed E-state index contributed by atoms with van der Waals surface area (Å²) in [5.74, 6) is -1.54. The molecule has 20 heavy (non-hydrogen) atoms. The van der Waals surface area contributed by atoms with Crippen molar-refractivity contribution in [3.63, 3.8) is 0 Å². The van der Waals surface area contributed by atoms with Gasteiger partial charge in [0.05, 0.1) is 4.90 Å². The highest BCUT2D eigenvalue weighted by molar-refractivity contribution is 7.90. The molecule has 0 heterocycles. The molecule has 0 aliphatic carbocycles. The predicted octanol–water partition coefficient (Wildman–Crippen LogP) is 2.16. The van der Waals surface area contributed by atoms with Crippen molar-refractivity contribution in [2.24, 2.45) is 0 Å². The molecule has 0 N–H and O–H groups in total. The normalized spacial score (nSPS) is 11.1. The molecule has 0 fully saturated rings. The van der Waals surface area contributed by atoms with Crippen LogP contribution in [0.25, 0.3) is 0 Å². The highest BCUT2D eigenvalue weighted by atomic mass is 32.2. The highest BCUT2D eigenvalue weighted by Gasteiger charge is 2.24. The quantitative estimate of drug-likeness (QED) is 0.638. The summed E-state index contributed by atoms with van der Waals surface area (Å²) >= 11 is 0. The molecule has 4 nitrogen and oxygen atoms in total. The Labute approximate surface area is 117 Å². The predicted molar refractivity (Wildman–Crippen MR) is 74.7 cm³/mol. The molecule has 0 aliphatic rings. The van der Waals surface area contributed by atoms with E-state index >= 15 is 0 Å². The van der Waals surface area contributed by atoms with Gasteiger partial charge in [0.25, 0.3) is 0 Å². The molecule has 2 aromatic rings. The lowest BCUT2D eigenvalue weighted by molar-refractivity contribution is 0.0815. The van der Waals surface area contributed by atoms with Gasteiger partial charge in [-0.05, 0) is 12.1 Å². The number of carbonyl (C=O) groups excluding carboxylic acids is 2. The number of sulfone groups is 1. The van der Waals surface area contributed by atoms with Crippen molar-refractivity contribution in [2.75, 3.05) is 6.26 Å². The van der Waals surface area contributed by atoms with Crippen molar-refractivity contribution >= 4 is 21.4 Å². The van der Waals surface area contributed by atoms with Crippen LogP contribution in [0.4, 0.5) is 0 Å². The van der Waals surface area contributed by atoms with Gasteiger partial charge in [-0.2, -0.15) is 0 Å². The van der Waals surface area contributed by atoms with Gasteiger partial charge in [0.1, 0.15) is 0 Å². The van der Waals surface area contributed by atoms with Gasteiger partial charge in [-0.25, -0.2) is 8.42 Å². The summed E-state index contributed by atoms with van der Waals surface area (Å²) in [6.07, 6.45) is 1.01. The standard InChI is InChI=1S/C15H12O4S/c1-20(18,19)13-10-6-5-9-12(13)15(17)14(16)11-7-3-2-4-8-11/h2-10H,1H3. The Morgan fingerprint density at radius 2 is 1.35 bits per heavy atom. The molecular weight excluding hydrogens is 276 g/mol. The van der Waals surface area contributed by atoms with Crippen LogP contribution in [-0.2, 0) is 9.84 Å². The van der Waals surface area contributed by atoms with Crippen molar-refractivity contribution in [1.29, 1.82) is 0 Å². The third-order valence-corrected chi connectivity index (χ3v) is 3.93. The highest BCUT2D eigenvalue weighted by Crippen LogP contribution is 2.17. The number of hydrogen-bond acceptors (Lipinski definition) is 4. The molecule has 0 radical (unpaired) electrons. The first kappa shape index (κ1) is 14.1. The van der Waals surface area contributed by atoms with Gasteiger partial charge in [-0.15, -0.1) is 0 Å². The molecule has 0 unspecified atom stereocenters. The van der Waals surface area contributed by atoms with Crippen LogP contribution in [0.1, 0.15) is 20.7 Å². The molecule has 2 aromatic carbocycles. The Hall–Kier alpha value is -2.27. The first-order valence-electron chi connectivity index (χ1n) is 5.84. The molecule has 5 heteroatoms. The van der Waals surface area contributed by atoms with Gasteiger partial charge in [0, 0.05) is 17.4 Å². The molecule has 0 aromatic heterocycles. The van der Waals surface area contributed by atoms with E-state index in [4.69, 9.17) is 0 Å². The topological polar surface area (TPSA) is 68.3 Å². The second-order valence-corrected chi connectivity index (χ2v) is 6.28. The van der Waals surface area contributed by atoms with Crippen molar-refractivity contribution < 1.29 is 18.0 Å². The fourth-order valence-corrected chi connectivity index (χ4v) is 2.71. The van der Waals surface area contributed by atoms with E-state index in [0.717, 1.165) is 6.26 Å². The second-order valence-electron chi connectivity index (χ2n) is 4.29. The summed E-state index contributed by atoms with van der Waals surface area (Å²) < 4.78 is 23.3. The average molecular weight is 288 g/mol. The molecule has 2 rings (SSSR count). The molecule has 0 spiro atoms. The zero-order valence-corrected chi connectivity index (χ0v) is 11.6. The second kappa shape index (κ2) is 5.38. The Morgan fingerprint density at radius 1 is 0.800 bits per heavy atom. The smallest absolute Gasteiger partial charge is 0.234 e. The molecule has 0 bridgehead atoms. The molecule has 0 saturated heterocycles. The van der Waals surface area contributed by atoms with Crippen molar-refractivity contribution in [2.45, 2.75) is 4.90 Å². The van der Waals surface area contributed by atoms with E-state index in [-0.39, 0.29) is 16.0 Å². The van der Waals surface area contributed by atoms with Crippen LogP contribution >= 0.6 is 0 Å². The average Bonchev–Trinajstić information content (AvgIpc) is 2.46. The Balaban J connectivity index is 2.48. The molecule has 0 saturated carbocycles. The third-order valence-electron chi connectivity index (χ3n) is 2.77. The van der Waals surface area contributed by atoms with Gasteiger partial charge in [0.2, 0.25) is 11.6 Å². The van der Waals surface area contributed by atoms with E-state index in [0.29, 0.717) is 0 Å². The van der Waals surface area contributed by atoms with Crippen LogP contribution in [-0.4, -0.2) is 26.2 Å². The maximum absolute atomic E-state index is 12.2. The van der Waals surface area contributed by atoms with E-state index in [1.165, 1.54) is 36.4 Å². The fraction of sp³-hybridized carbons (Fsp3) is 0.0667. The van der Waals surface area contributed by atoms with E-state index in [1.807, 2.05) is 0 Å². The summed E-state index contributed by atoms with van der Waals surface area (Å²) in [7, 11) is -3.57. The Morgan fingerprint density at radius 3 is 1.95 bits per heavy atom. The van der Waals surface area contributed by atoms with E-state index in [9.17, 15) is 18.0 Å². The number of rotatable bonds is 4. The molecule has 0 amide bonds. The molecule has 0 atom stereocenters. The molecule has 0 aliphatic heterocycles. The lowest BCUT2D eigenvalue weighted by Gasteiger charge is -2.06. The minimum Gasteiger partial charge on any atom is -0.285 e. The van der Waals surface area contributed by atoms with Gasteiger partial charge in [-0.3, -0.25) is 9.59 Å². The summed E-state index contributed by atoms with van der Waals surface area (Å²) in [6, 6.07) is 13.8. The number of hydrogen-bond donors (Lipinski definition) is 0. The molecular formula is C15H12O4S. The summed E-state index contributed by atoms with van der Waals surface area (Å²) in [6.45, 7) is 0. The Bertz CT molecular complexity index is 761. The summed E-state index contributed by atoms with van der Waals surface area (Å²) in [5, 5.41) is 0. The van der Waals surface area contributed by atoms with Crippen LogP contribution in [0.15, 0.2) is 59.5 Å². The lowest BCUT2D eigenvalue weighted by Crippen LogP contribution is -2.17. The summed E-state index contributed by atoms with van der Waals surface area (Å²) in [4.78, 5) is 24.1. The SMILES string of the molecule is CS(=O)(=O)c1ccccc1C(=O)C(=O)c1ccccc1. The zero-order valence-electron chi connectivity index (χ0n) is 10.7. The van der Waals surface area contributed by atoms with Gasteiger partial charge in [0.15, 0.2) is 9.84 Å². The number of carbonyl (C=O) groups is 2. The maximum atomic E-state index is 12.2. The zero-order chi connectivity index (χ0) is 14.8. The monoisotopic (exact) mass is 288 g/mol. The first-order valence-corrected chi connectivity index (χ1v) is 7.73. The lowest BCUT2D eigenvalue weighted by atomic mass is 10.0. The number of Topliss-reactive ketones (excluding diaryl/α,β-unsaturated/α-hetero) is 2. The van der Waals surface area contributed by atoms with Crippen molar-refractivity contribution in [3.05, 3.63) is 65.7 Å². The van der Waals surface area contributed by atoms with Crippen LogP contribution in [0.3, 0.4) is 0 Å². The minimum atomic E-state index is -3.57.